The normalized spacial score (nSPS) is 14.1. The highest BCUT2D eigenvalue weighted by molar-refractivity contribution is 5.96. The molecule has 7 heteroatoms. The Labute approximate surface area is 175 Å². The maximum absolute atomic E-state index is 12.9. The quantitative estimate of drug-likeness (QED) is 0.705. The van der Waals surface area contributed by atoms with E-state index in [9.17, 15) is 9.59 Å². The highest BCUT2D eigenvalue weighted by Crippen LogP contribution is 2.38. The van der Waals surface area contributed by atoms with Gasteiger partial charge in [-0.05, 0) is 60.4 Å². The van der Waals surface area contributed by atoms with Gasteiger partial charge in [-0.25, -0.2) is 0 Å². The number of aromatic nitrogens is 2. The predicted molar refractivity (Wildman–Crippen MR) is 113 cm³/mol. The highest BCUT2D eigenvalue weighted by atomic mass is 16.5. The monoisotopic (exact) mass is 404 g/mol. The van der Waals surface area contributed by atoms with Crippen LogP contribution in [-0.4, -0.2) is 40.3 Å². The zero-order chi connectivity index (χ0) is 21.3. The third-order valence-electron chi connectivity index (χ3n) is 4.84. The number of primary amides is 1. The minimum absolute atomic E-state index is 0.130. The van der Waals surface area contributed by atoms with Gasteiger partial charge in [0.05, 0.1) is 18.7 Å². The molecule has 0 spiro atoms. The van der Waals surface area contributed by atoms with E-state index in [1.807, 2.05) is 36.4 Å². The molecular weight excluding hydrogens is 380 g/mol. The lowest BCUT2D eigenvalue weighted by atomic mass is 10.1. The second kappa shape index (κ2) is 10.2. The number of pyridine rings is 2. The first kappa shape index (κ1) is 21.0. The molecule has 1 aromatic carbocycles. The molecule has 0 aliphatic heterocycles. The zero-order valence-corrected chi connectivity index (χ0v) is 16.8. The van der Waals surface area contributed by atoms with E-state index in [4.69, 9.17) is 10.5 Å². The number of aryl methyl sites for hydroxylation is 1. The SMILES string of the molecule is COc1ccc2c(c1)C(N(CC(N)=O)C(=O)c1cccnc1)CC2.c1ccncc1. The molecule has 1 unspecified atom stereocenters. The van der Waals surface area contributed by atoms with Crippen LogP contribution in [0.3, 0.4) is 0 Å². The lowest BCUT2D eigenvalue weighted by Crippen LogP contribution is -2.40. The summed E-state index contributed by atoms with van der Waals surface area (Å²) < 4.78 is 5.29. The van der Waals surface area contributed by atoms with Crippen LogP contribution in [-0.2, 0) is 11.2 Å². The molecule has 0 saturated heterocycles. The molecule has 2 amide bonds. The molecule has 2 N–H and O–H groups in total. The molecule has 1 atom stereocenters. The van der Waals surface area contributed by atoms with Crippen molar-refractivity contribution in [1.82, 2.24) is 14.9 Å². The van der Waals surface area contributed by atoms with E-state index in [-0.39, 0.29) is 18.5 Å². The molecule has 7 nitrogen and oxygen atoms in total. The van der Waals surface area contributed by atoms with E-state index in [1.54, 1.807) is 37.8 Å². The van der Waals surface area contributed by atoms with Crippen molar-refractivity contribution in [1.29, 1.82) is 0 Å². The van der Waals surface area contributed by atoms with Gasteiger partial charge in [-0.3, -0.25) is 19.6 Å². The lowest BCUT2D eigenvalue weighted by Gasteiger charge is -2.29. The molecule has 0 saturated carbocycles. The first-order valence-electron chi connectivity index (χ1n) is 9.61. The Kier molecular flexibility index (Phi) is 7.10. The topological polar surface area (TPSA) is 98.4 Å². The number of carbonyl (C=O) groups excluding carboxylic acids is 2. The van der Waals surface area contributed by atoms with Gasteiger partial charge in [0.2, 0.25) is 5.91 Å². The van der Waals surface area contributed by atoms with Gasteiger partial charge in [0.15, 0.2) is 0 Å². The second-order valence-corrected chi connectivity index (χ2v) is 6.78. The number of hydrogen-bond acceptors (Lipinski definition) is 5. The molecule has 1 aliphatic carbocycles. The maximum Gasteiger partial charge on any atom is 0.256 e. The van der Waals surface area contributed by atoms with Gasteiger partial charge >= 0.3 is 0 Å². The summed E-state index contributed by atoms with van der Waals surface area (Å²) in [7, 11) is 1.60. The molecule has 2 heterocycles. The number of fused-ring (bicyclic) bond motifs is 1. The molecule has 154 valence electrons. The molecule has 0 bridgehead atoms. The average molecular weight is 404 g/mol. The van der Waals surface area contributed by atoms with Crippen LogP contribution < -0.4 is 10.5 Å². The van der Waals surface area contributed by atoms with Crippen LogP contribution in [0.5, 0.6) is 5.75 Å². The number of nitrogens with zero attached hydrogens (tertiary/aromatic N) is 3. The summed E-state index contributed by atoms with van der Waals surface area (Å²) in [6.07, 6.45) is 8.20. The smallest absolute Gasteiger partial charge is 0.256 e. The van der Waals surface area contributed by atoms with Crippen LogP contribution in [0.2, 0.25) is 0 Å². The summed E-state index contributed by atoms with van der Waals surface area (Å²) in [5, 5.41) is 0. The van der Waals surface area contributed by atoms with E-state index in [0.29, 0.717) is 5.56 Å². The van der Waals surface area contributed by atoms with E-state index in [1.165, 1.54) is 11.1 Å². The van der Waals surface area contributed by atoms with Crippen LogP contribution in [0.25, 0.3) is 0 Å². The first-order valence-corrected chi connectivity index (χ1v) is 9.61. The van der Waals surface area contributed by atoms with Crippen molar-refractivity contribution >= 4 is 11.8 Å². The first-order chi connectivity index (χ1) is 14.6. The molecule has 30 heavy (non-hydrogen) atoms. The summed E-state index contributed by atoms with van der Waals surface area (Å²) in [4.78, 5) is 33.7. The van der Waals surface area contributed by atoms with Crippen molar-refractivity contribution in [3.05, 3.63) is 90.0 Å². The number of carbonyl (C=O) groups is 2. The van der Waals surface area contributed by atoms with Crippen LogP contribution in [0.15, 0.2) is 73.3 Å². The zero-order valence-electron chi connectivity index (χ0n) is 16.8. The standard InChI is InChI=1S/C18H19N3O3.C5H5N/c1-24-14-6-4-12-5-7-16(15(12)9-14)21(11-17(19)22)18(23)13-3-2-8-20-10-13;1-2-4-6-5-3-1/h2-4,6,8-10,16H,5,7,11H2,1H3,(H2,19,22);1-5H. The number of ether oxygens (including phenoxy) is 1. The summed E-state index contributed by atoms with van der Waals surface area (Å²) in [5.74, 6) is -0.0559. The lowest BCUT2D eigenvalue weighted by molar-refractivity contribution is -0.119. The van der Waals surface area contributed by atoms with Gasteiger partial charge in [-0.15, -0.1) is 0 Å². The van der Waals surface area contributed by atoms with Crippen molar-refractivity contribution in [2.75, 3.05) is 13.7 Å². The van der Waals surface area contributed by atoms with Crippen LogP contribution in [0.4, 0.5) is 0 Å². The molecule has 2 aromatic heterocycles. The molecule has 1 aliphatic rings. The Balaban J connectivity index is 0.000000367. The minimum atomic E-state index is -0.538. The number of nitrogens with two attached hydrogens (primary N) is 1. The summed E-state index contributed by atoms with van der Waals surface area (Å²) in [5.41, 5.74) is 7.99. The number of amides is 2. The fraction of sp³-hybridized carbons (Fsp3) is 0.217. The fourth-order valence-corrected chi connectivity index (χ4v) is 3.47. The minimum Gasteiger partial charge on any atom is -0.497 e. The number of methoxy groups -OCH3 is 1. The fourth-order valence-electron chi connectivity index (χ4n) is 3.47. The Morgan fingerprint density at radius 1 is 1.10 bits per heavy atom. The molecule has 0 radical (unpaired) electrons. The Bertz CT molecular complexity index is 954. The van der Waals surface area contributed by atoms with E-state index in [0.717, 1.165) is 29.7 Å². The second-order valence-electron chi connectivity index (χ2n) is 6.78. The van der Waals surface area contributed by atoms with Gasteiger partial charge in [-0.2, -0.15) is 0 Å². The van der Waals surface area contributed by atoms with E-state index >= 15 is 0 Å². The van der Waals surface area contributed by atoms with E-state index in [2.05, 4.69) is 9.97 Å². The number of benzene rings is 1. The predicted octanol–water partition coefficient (Wildman–Crippen LogP) is 2.79. The molecule has 4 rings (SSSR count). The highest BCUT2D eigenvalue weighted by Gasteiger charge is 2.32. The van der Waals surface area contributed by atoms with Crippen LogP contribution in [0.1, 0.15) is 33.9 Å². The van der Waals surface area contributed by atoms with Gasteiger partial charge < -0.3 is 15.4 Å². The van der Waals surface area contributed by atoms with Gasteiger partial charge in [0.25, 0.3) is 5.91 Å². The summed E-state index contributed by atoms with van der Waals surface area (Å²) >= 11 is 0. The van der Waals surface area contributed by atoms with Crippen molar-refractivity contribution < 1.29 is 14.3 Å². The Hall–Kier alpha value is -3.74. The third-order valence-corrected chi connectivity index (χ3v) is 4.84. The Morgan fingerprint density at radius 3 is 2.43 bits per heavy atom. The molecule has 3 aromatic rings. The van der Waals surface area contributed by atoms with Crippen LogP contribution in [0, 0.1) is 0 Å². The molecule has 0 fully saturated rings. The van der Waals surface area contributed by atoms with Crippen molar-refractivity contribution in [3.8, 4) is 5.75 Å². The third kappa shape index (κ3) is 5.20. The largest absolute Gasteiger partial charge is 0.497 e. The summed E-state index contributed by atoms with van der Waals surface area (Å²) in [6, 6.07) is 14.7. The Morgan fingerprint density at radius 2 is 1.87 bits per heavy atom. The van der Waals surface area contributed by atoms with Gasteiger partial charge in [-0.1, -0.05) is 12.1 Å². The summed E-state index contributed by atoms with van der Waals surface area (Å²) in [6.45, 7) is -0.130. The van der Waals surface area contributed by atoms with Gasteiger partial charge in [0.1, 0.15) is 12.3 Å². The van der Waals surface area contributed by atoms with Crippen LogP contribution >= 0.6 is 0 Å². The van der Waals surface area contributed by atoms with Crippen molar-refractivity contribution in [3.63, 3.8) is 0 Å². The number of rotatable bonds is 5. The van der Waals surface area contributed by atoms with Crippen molar-refractivity contribution in [2.45, 2.75) is 18.9 Å². The molecular formula is C23H24N4O3. The maximum atomic E-state index is 12.9. The number of hydrogen-bond donors (Lipinski definition) is 1. The van der Waals surface area contributed by atoms with Crippen molar-refractivity contribution in [2.24, 2.45) is 5.73 Å². The van der Waals surface area contributed by atoms with E-state index < -0.39 is 5.91 Å². The average Bonchev–Trinajstić information content (AvgIpc) is 3.22. The van der Waals surface area contributed by atoms with Gasteiger partial charge in [0, 0.05) is 24.8 Å².